The van der Waals surface area contributed by atoms with E-state index in [0.717, 1.165) is 12.0 Å². The molecule has 0 aliphatic heterocycles. The molecule has 1 aromatic rings. The smallest absolute Gasteiger partial charge is 0.224 e. The van der Waals surface area contributed by atoms with Crippen LogP contribution in [0.25, 0.3) is 0 Å². The van der Waals surface area contributed by atoms with Crippen molar-refractivity contribution in [3.8, 4) is 0 Å². The molecule has 0 aromatic heterocycles. The highest BCUT2D eigenvalue weighted by Crippen LogP contribution is 2.19. The average molecular weight is 234 g/mol. The Hall–Kier alpha value is -1.35. The molecule has 0 heterocycles. The van der Waals surface area contributed by atoms with E-state index in [4.69, 9.17) is 5.73 Å². The second-order valence-corrected chi connectivity index (χ2v) is 4.54. The van der Waals surface area contributed by atoms with Crippen LogP contribution in [0.4, 0.5) is 0 Å². The first-order valence-corrected chi connectivity index (χ1v) is 6.17. The van der Waals surface area contributed by atoms with Gasteiger partial charge in [0.25, 0.3) is 0 Å². The van der Waals surface area contributed by atoms with Crippen molar-refractivity contribution in [2.75, 3.05) is 0 Å². The average Bonchev–Trinajstić information content (AvgIpc) is 2.37. The highest BCUT2D eigenvalue weighted by molar-refractivity contribution is 5.79. The maximum Gasteiger partial charge on any atom is 0.224 e. The lowest BCUT2D eigenvalue weighted by molar-refractivity contribution is -0.125. The lowest BCUT2D eigenvalue weighted by atomic mass is 9.94. The van der Waals surface area contributed by atoms with Crippen LogP contribution >= 0.6 is 0 Å². The fourth-order valence-electron chi connectivity index (χ4n) is 1.60. The third-order valence-electron chi connectivity index (χ3n) is 3.14. The van der Waals surface area contributed by atoms with Gasteiger partial charge in [0.15, 0.2) is 0 Å². The molecule has 3 N–H and O–H groups in total. The number of carbonyl (C=O) groups excluding carboxylic acids is 1. The van der Waals surface area contributed by atoms with Crippen molar-refractivity contribution in [2.45, 2.75) is 39.3 Å². The summed E-state index contributed by atoms with van der Waals surface area (Å²) in [5.74, 6) is -0.192. The van der Waals surface area contributed by atoms with Crippen LogP contribution in [0.2, 0.25) is 0 Å². The van der Waals surface area contributed by atoms with Gasteiger partial charge >= 0.3 is 0 Å². The quantitative estimate of drug-likeness (QED) is 0.821. The van der Waals surface area contributed by atoms with Gasteiger partial charge in [-0.1, -0.05) is 44.2 Å². The molecule has 3 nitrogen and oxygen atoms in total. The number of amides is 1. The van der Waals surface area contributed by atoms with Gasteiger partial charge < -0.3 is 11.1 Å². The minimum atomic E-state index is -0.250. The Labute approximate surface area is 103 Å². The fraction of sp³-hybridized carbons (Fsp3) is 0.500. The lowest BCUT2D eigenvalue weighted by Crippen LogP contribution is -2.39. The van der Waals surface area contributed by atoms with Crippen LogP contribution in [-0.4, -0.2) is 11.9 Å². The van der Waals surface area contributed by atoms with Crippen molar-refractivity contribution in [1.29, 1.82) is 0 Å². The molecule has 17 heavy (non-hydrogen) atoms. The Balaban J connectivity index is 2.63. The minimum absolute atomic E-state index is 0.0238. The summed E-state index contributed by atoms with van der Waals surface area (Å²) in [5.41, 5.74) is 7.10. The third kappa shape index (κ3) is 3.86. The summed E-state index contributed by atoms with van der Waals surface area (Å²) in [6.07, 6.45) is 0.930. The predicted octanol–water partition coefficient (Wildman–Crippen LogP) is 2.24. The predicted molar refractivity (Wildman–Crippen MR) is 70.4 cm³/mol. The van der Waals surface area contributed by atoms with Crippen LogP contribution in [0.1, 0.15) is 38.8 Å². The van der Waals surface area contributed by atoms with E-state index in [-0.39, 0.29) is 23.9 Å². The van der Waals surface area contributed by atoms with Gasteiger partial charge in [-0.2, -0.15) is 0 Å². The van der Waals surface area contributed by atoms with Crippen LogP contribution in [0, 0.1) is 5.92 Å². The van der Waals surface area contributed by atoms with Gasteiger partial charge in [-0.05, 0) is 18.9 Å². The van der Waals surface area contributed by atoms with Crippen LogP contribution in [0.15, 0.2) is 30.3 Å². The van der Waals surface area contributed by atoms with Gasteiger partial charge in [0.05, 0.1) is 5.92 Å². The van der Waals surface area contributed by atoms with Crippen molar-refractivity contribution in [3.63, 3.8) is 0 Å². The topological polar surface area (TPSA) is 55.1 Å². The highest BCUT2D eigenvalue weighted by atomic mass is 16.1. The van der Waals surface area contributed by atoms with Crippen LogP contribution < -0.4 is 11.1 Å². The van der Waals surface area contributed by atoms with Crippen molar-refractivity contribution in [1.82, 2.24) is 5.32 Å². The second kappa shape index (κ2) is 6.40. The molecule has 3 atom stereocenters. The molecule has 0 spiro atoms. The molecule has 1 aromatic carbocycles. The zero-order valence-corrected chi connectivity index (χ0v) is 10.8. The Bertz CT molecular complexity index is 350. The van der Waals surface area contributed by atoms with E-state index in [1.807, 2.05) is 51.1 Å². The Morgan fingerprint density at radius 3 is 2.41 bits per heavy atom. The van der Waals surface area contributed by atoms with Crippen molar-refractivity contribution in [2.24, 2.45) is 11.7 Å². The molecule has 1 amide bonds. The maximum atomic E-state index is 11.9. The lowest BCUT2D eigenvalue weighted by Gasteiger charge is -2.21. The molecule has 0 fully saturated rings. The zero-order chi connectivity index (χ0) is 12.8. The molecule has 0 radical (unpaired) electrons. The first-order chi connectivity index (χ1) is 8.06. The largest absolute Gasteiger partial charge is 0.353 e. The van der Waals surface area contributed by atoms with E-state index >= 15 is 0 Å². The van der Waals surface area contributed by atoms with Gasteiger partial charge in [0, 0.05) is 12.1 Å². The highest BCUT2D eigenvalue weighted by Gasteiger charge is 2.22. The van der Waals surface area contributed by atoms with Crippen molar-refractivity contribution in [3.05, 3.63) is 35.9 Å². The van der Waals surface area contributed by atoms with Gasteiger partial charge in [0.2, 0.25) is 5.91 Å². The normalized spacial score (nSPS) is 16.0. The molecule has 0 saturated heterocycles. The van der Waals surface area contributed by atoms with Crippen molar-refractivity contribution >= 4 is 5.91 Å². The Kier molecular flexibility index (Phi) is 5.16. The van der Waals surface area contributed by atoms with Crippen LogP contribution in [0.5, 0.6) is 0 Å². The standard InChI is InChI=1S/C14H22N2O/c1-4-10(2)16-14(17)11(3)13(15)12-8-6-5-7-9-12/h5-11,13H,4,15H2,1-3H3,(H,16,17). The first-order valence-electron chi connectivity index (χ1n) is 6.17. The molecule has 1 rings (SSSR count). The summed E-state index contributed by atoms with van der Waals surface area (Å²) in [7, 11) is 0. The summed E-state index contributed by atoms with van der Waals surface area (Å²) >= 11 is 0. The van der Waals surface area contributed by atoms with Crippen molar-refractivity contribution < 1.29 is 4.79 Å². The molecule has 0 aliphatic rings. The summed E-state index contributed by atoms with van der Waals surface area (Å²) in [6.45, 7) is 5.92. The van der Waals surface area contributed by atoms with E-state index in [9.17, 15) is 4.79 Å². The summed E-state index contributed by atoms with van der Waals surface area (Å²) < 4.78 is 0. The summed E-state index contributed by atoms with van der Waals surface area (Å²) in [4.78, 5) is 11.9. The second-order valence-electron chi connectivity index (χ2n) is 4.54. The molecule has 3 unspecified atom stereocenters. The number of hydrogen-bond donors (Lipinski definition) is 2. The number of rotatable bonds is 5. The van der Waals surface area contributed by atoms with E-state index in [1.54, 1.807) is 0 Å². The monoisotopic (exact) mass is 234 g/mol. The molecular weight excluding hydrogens is 212 g/mol. The number of nitrogens with one attached hydrogen (secondary N) is 1. The molecule has 0 saturated carbocycles. The van der Waals surface area contributed by atoms with Crippen LogP contribution in [0.3, 0.4) is 0 Å². The number of benzene rings is 1. The zero-order valence-electron chi connectivity index (χ0n) is 10.8. The molecule has 3 heteroatoms. The molecular formula is C14H22N2O. The Morgan fingerprint density at radius 2 is 1.88 bits per heavy atom. The van der Waals surface area contributed by atoms with Gasteiger partial charge in [-0.15, -0.1) is 0 Å². The Morgan fingerprint density at radius 1 is 1.29 bits per heavy atom. The van der Waals surface area contributed by atoms with E-state index in [2.05, 4.69) is 5.32 Å². The molecule has 0 bridgehead atoms. The third-order valence-corrected chi connectivity index (χ3v) is 3.14. The van der Waals surface area contributed by atoms with Gasteiger partial charge in [0.1, 0.15) is 0 Å². The van der Waals surface area contributed by atoms with E-state index in [0.29, 0.717) is 0 Å². The maximum absolute atomic E-state index is 11.9. The molecule has 0 aliphatic carbocycles. The number of carbonyl (C=O) groups is 1. The fourth-order valence-corrected chi connectivity index (χ4v) is 1.60. The van der Waals surface area contributed by atoms with E-state index in [1.165, 1.54) is 0 Å². The summed E-state index contributed by atoms with van der Waals surface area (Å²) in [6, 6.07) is 9.69. The summed E-state index contributed by atoms with van der Waals surface area (Å²) in [5, 5.41) is 2.96. The number of hydrogen-bond acceptors (Lipinski definition) is 2. The molecule has 94 valence electrons. The van der Waals surface area contributed by atoms with Crippen LogP contribution in [-0.2, 0) is 4.79 Å². The SMILES string of the molecule is CCC(C)NC(=O)C(C)C(N)c1ccccc1. The van der Waals surface area contributed by atoms with Gasteiger partial charge in [-0.3, -0.25) is 4.79 Å². The minimum Gasteiger partial charge on any atom is -0.353 e. The van der Waals surface area contributed by atoms with Gasteiger partial charge in [-0.25, -0.2) is 0 Å². The van der Waals surface area contributed by atoms with E-state index < -0.39 is 0 Å². The number of nitrogens with two attached hydrogens (primary N) is 1. The first kappa shape index (κ1) is 13.7.